The van der Waals surface area contributed by atoms with Crippen LogP contribution in [0.5, 0.6) is 0 Å². The molecule has 4 heteroatoms. The molecule has 1 aromatic heterocycles. The van der Waals surface area contributed by atoms with Crippen molar-refractivity contribution in [3.63, 3.8) is 0 Å². The summed E-state index contributed by atoms with van der Waals surface area (Å²) >= 11 is 0. The van der Waals surface area contributed by atoms with Crippen molar-refractivity contribution in [2.75, 3.05) is 31.1 Å². The third-order valence-electron chi connectivity index (χ3n) is 5.42. The molecule has 23 heavy (non-hydrogen) atoms. The molecule has 2 unspecified atom stereocenters. The third-order valence-corrected chi connectivity index (χ3v) is 5.42. The van der Waals surface area contributed by atoms with Gasteiger partial charge in [-0.05, 0) is 31.2 Å². The molecule has 3 heterocycles. The SMILES string of the molecule is Cc1ncnc(N2CC3CN(Cc4ccccc4)CC3C2)c1C. The quantitative estimate of drug-likeness (QED) is 0.872. The average molecular weight is 308 g/mol. The maximum absolute atomic E-state index is 4.54. The van der Waals surface area contributed by atoms with Gasteiger partial charge in [0.2, 0.25) is 0 Å². The van der Waals surface area contributed by atoms with Gasteiger partial charge < -0.3 is 4.90 Å². The Labute approximate surface area is 138 Å². The number of hydrogen-bond acceptors (Lipinski definition) is 4. The van der Waals surface area contributed by atoms with E-state index in [1.165, 1.54) is 24.2 Å². The Morgan fingerprint density at radius 1 is 0.957 bits per heavy atom. The fourth-order valence-electron chi connectivity index (χ4n) is 4.08. The zero-order valence-electron chi connectivity index (χ0n) is 13.9. The van der Waals surface area contributed by atoms with Crippen LogP contribution < -0.4 is 4.90 Å². The highest BCUT2D eigenvalue weighted by Gasteiger charge is 2.40. The molecule has 0 aliphatic carbocycles. The van der Waals surface area contributed by atoms with Gasteiger partial charge in [-0.25, -0.2) is 9.97 Å². The predicted molar refractivity (Wildman–Crippen MR) is 92.4 cm³/mol. The monoisotopic (exact) mass is 308 g/mol. The molecule has 2 atom stereocenters. The Balaban J connectivity index is 1.41. The Kier molecular flexibility index (Phi) is 3.77. The van der Waals surface area contributed by atoms with Crippen LogP contribution >= 0.6 is 0 Å². The Morgan fingerprint density at radius 2 is 1.65 bits per heavy atom. The summed E-state index contributed by atoms with van der Waals surface area (Å²) in [4.78, 5) is 13.9. The number of anilines is 1. The molecule has 2 saturated heterocycles. The lowest BCUT2D eigenvalue weighted by atomic mass is 10.0. The van der Waals surface area contributed by atoms with E-state index in [1.54, 1.807) is 6.33 Å². The van der Waals surface area contributed by atoms with Crippen LogP contribution in [0, 0.1) is 25.7 Å². The summed E-state index contributed by atoms with van der Waals surface area (Å²) in [5.41, 5.74) is 3.75. The van der Waals surface area contributed by atoms with Crippen molar-refractivity contribution < 1.29 is 0 Å². The van der Waals surface area contributed by atoms with Gasteiger partial charge in [0.15, 0.2) is 0 Å². The van der Waals surface area contributed by atoms with Gasteiger partial charge in [0.1, 0.15) is 12.1 Å². The maximum atomic E-state index is 4.54. The van der Waals surface area contributed by atoms with E-state index in [0.29, 0.717) is 0 Å². The normalized spacial score (nSPS) is 24.2. The highest BCUT2D eigenvalue weighted by atomic mass is 15.3. The van der Waals surface area contributed by atoms with Gasteiger partial charge >= 0.3 is 0 Å². The number of aryl methyl sites for hydroxylation is 1. The maximum Gasteiger partial charge on any atom is 0.135 e. The van der Waals surface area contributed by atoms with Crippen LogP contribution in [0.1, 0.15) is 16.8 Å². The van der Waals surface area contributed by atoms with Crippen molar-refractivity contribution in [3.8, 4) is 0 Å². The Morgan fingerprint density at radius 3 is 2.35 bits per heavy atom. The average Bonchev–Trinajstić information content (AvgIpc) is 3.09. The first kappa shape index (κ1) is 14.6. The van der Waals surface area contributed by atoms with Crippen LogP contribution in [-0.4, -0.2) is 41.0 Å². The molecule has 2 aromatic rings. The van der Waals surface area contributed by atoms with Crippen molar-refractivity contribution >= 4 is 5.82 Å². The molecule has 0 saturated carbocycles. The highest BCUT2D eigenvalue weighted by molar-refractivity contribution is 5.48. The second-order valence-corrected chi connectivity index (χ2v) is 7.01. The second-order valence-electron chi connectivity index (χ2n) is 7.01. The third kappa shape index (κ3) is 2.83. The van der Waals surface area contributed by atoms with Gasteiger partial charge in [0.05, 0.1) is 0 Å². The lowest BCUT2D eigenvalue weighted by Gasteiger charge is -2.23. The zero-order chi connectivity index (χ0) is 15.8. The van der Waals surface area contributed by atoms with E-state index in [0.717, 1.165) is 43.0 Å². The number of fused-ring (bicyclic) bond motifs is 1. The summed E-state index contributed by atoms with van der Waals surface area (Å²) in [6.07, 6.45) is 1.70. The fourth-order valence-corrected chi connectivity index (χ4v) is 4.08. The molecular formula is C19H24N4. The van der Waals surface area contributed by atoms with Crippen molar-refractivity contribution in [2.45, 2.75) is 20.4 Å². The number of benzene rings is 1. The number of aromatic nitrogens is 2. The van der Waals surface area contributed by atoms with Crippen molar-refractivity contribution in [3.05, 3.63) is 53.5 Å². The first-order valence-corrected chi connectivity index (χ1v) is 8.50. The van der Waals surface area contributed by atoms with Gasteiger partial charge in [-0.2, -0.15) is 0 Å². The molecule has 0 spiro atoms. The smallest absolute Gasteiger partial charge is 0.135 e. The highest BCUT2D eigenvalue weighted by Crippen LogP contribution is 2.35. The summed E-state index contributed by atoms with van der Waals surface area (Å²) in [5, 5.41) is 0. The van der Waals surface area contributed by atoms with E-state index in [4.69, 9.17) is 0 Å². The summed E-state index contributed by atoms with van der Waals surface area (Å²) in [6, 6.07) is 10.8. The molecule has 2 aliphatic rings. The standard InChI is InChI=1S/C19H24N4/c1-14-15(2)20-13-21-19(14)23-11-17-9-22(10-18(17)12-23)8-16-6-4-3-5-7-16/h3-7,13,17-18H,8-12H2,1-2H3. The van der Waals surface area contributed by atoms with Crippen molar-refractivity contribution in [2.24, 2.45) is 11.8 Å². The molecule has 1 aromatic carbocycles. The van der Waals surface area contributed by atoms with Crippen LogP contribution in [0.15, 0.2) is 36.7 Å². The first-order valence-electron chi connectivity index (χ1n) is 8.50. The van der Waals surface area contributed by atoms with Crippen molar-refractivity contribution in [1.82, 2.24) is 14.9 Å². The van der Waals surface area contributed by atoms with E-state index in [9.17, 15) is 0 Å². The Bertz CT molecular complexity index is 671. The first-order chi connectivity index (χ1) is 11.2. The summed E-state index contributed by atoms with van der Waals surface area (Å²) in [6.45, 7) is 9.97. The van der Waals surface area contributed by atoms with Crippen LogP contribution in [0.4, 0.5) is 5.82 Å². The van der Waals surface area contributed by atoms with Gasteiger partial charge in [-0.3, -0.25) is 4.90 Å². The molecule has 2 aliphatic heterocycles. The molecule has 120 valence electrons. The minimum Gasteiger partial charge on any atom is -0.356 e. The van der Waals surface area contributed by atoms with E-state index < -0.39 is 0 Å². The lowest BCUT2D eigenvalue weighted by Crippen LogP contribution is -2.29. The van der Waals surface area contributed by atoms with Gasteiger partial charge in [0, 0.05) is 44.0 Å². The summed E-state index contributed by atoms with van der Waals surface area (Å²) < 4.78 is 0. The molecule has 0 N–H and O–H groups in total. The largest absolute Gasteiger partial charge is 0.356 e. The van der Waals surface area contributed by atoms with E-state index in [-0.39, 0.29) is 0 Å². The van der Waals surface area contributed by atoms with Crippen molar-refractivity contribution in [1.29, 1.82) is 0 Å². The lowest BCUT2D eigenvalue weighted by molar-refractivity contribution is 0.309. The van der Waals surface area contributed by atoms with Crippen LogP contribution in [0.2, 0.25) is 0 Å². The fraction of sp³-hybridized carbons (Fsp3) is 0.474. The van der Waals surface area contributed by atoms with Crippen LogP contribution in [-0.2, 0) is 6.54 Å². The molecule has 2 fully saturated rings. The number of likely N-dealkylation sites (tertiary alicyclic amines) is 1. The number of hydrogen-bond donors (Lipinski definition) is 0. The van der Waals surface area contributed by atoms with Crippen LogP contribution in [0.3, 0.4) is 0 Å². The predicted octanol–water partition coefficient (Wildman–Crippen LogP) is 2.66. The molecule has 0 bridgehead atoms. The van der Waals surface area contributed by atoms with E-state index in [1.807, 2.05) is 0 Å². The topological polar surface area (TPSA) is 32.3 Å². The minimum absolute atomic E-state index is 0.772. The van der Waals surface area contributed by atoms with Gasteiger partial charge in [-0.15, -0.1) is 0 Å². The number of rotatable bonds is 3. The molecule has 4 nitrogen and oxygen atoms in total. The molecule has 0 radical (unpaired) electrons. The molecule has 0 amide bonds. The summed E-state index contributed by atoms with van der Waals surface area (Å²) in [7, 11) is 0. The minimum atomic E-state index is 0.772. The molecule has 4 rings (SSSR count). The van der Waals surface area contributed by atoms with Gasteiger partial charge in [-0.1, -0.05) is 30.3 Å². The van der Waals surface area contributed by atoms with E-state index >= 15 is 0 Å². The summed E-state index contributed by atoms with van der Waals surface area (Å²) in [5.74, 6) is 2.68. The van der Waals surface area contributed by atoms with Gasteiger partial charge in [0.25, 0.3) is 0 Å². The second kappa shape index (κ2) is 5.93. The van der Waals surface area contributed by atoms with Crippen LogP contribution in [0.25, 0.3) is 0 Å². The Hall–Kier alpha value is -1.94. The zero-order valence-corrected chi connectivity index (χ0v) is 13.9. The molecular weight excluding hydrogens is 284 g/mol. The number of nitrogens with zero attached hydrogens (tertiary/aromatic N) is 4. The van der Waals surface area contributed by atoms with E-state index in [2.05, 4.69) is 63.9 Å².